The molecule has 0 fully saturated rings. The summed E-state index contributed by atoms with van der Waals surface area (Å²) in [7, 11) is 0. The Labute approximate surface area is 324 Å². The molecule has 0 bridgehead atoms. The van der Waals surface area contributed by atoms with Gasteiger partial charge in [-0.05, 0) is 110 Å². The molecule has 3 aliphatic rings. The van der Waals surface area contributed by atoms with E-state index in [9.17, 15) is 0 Å². The fourth-order valence-corrected chi connectivity index (χ4v) is 9.75. The molecule has 0 saturated carbocycles. The van der Waals surface area contributed by atoms with E-state index in [1.165, 1.54) is 72.0 Å². The second-order valence-electron chi connectivity index (χ2n) is 15.0. The molecule has 12 rings (SSSR count). The lowest BCUT2D eigenvalue weighted by Gasteiger charge is -2.39. The Morgan fingerprint density at radius 1 is 0.518 bits per heavy atom. The monoisotopic (exact) mass is 714 g/mol. The van der Waals surface area contributed by atoms with Gasteiger partial charge in [0, 0.05) is 17.0 Å². The Morgan fingerprint density at radius 2 is 1.25 bits per heavy atom. The predicted octanol–water partition coefficient (Wildman–Crippen LogP) is 12.0. The van der Waals surface area contributed by atoms with Gasteiger partial charge in [0.1, 0.15) is 0 Å². The van der Waals surface area contributed by atoms with E-state index in [1.54, 1.807) is 0 Å². The van der Waals surface area contributed by atoms with Gasteiger partial charge in [-0.25, -0.2) is 4.98 Å². The van der Waals surface area contributed by atoms with Gasteiger partial charge < -0.3 is 9.88 Å². The van der Waals surface area contributed by atoms with Crippen molar-refractivity contribution in [2.24, 2.45) is 0 Å². The van der Waals surface area contributed by atoms with Crippen LogP contribution in [0, 0.1) is 0 Å². The highest BCUT2D eigenvalue weighted by Crippen LogP contribution is 2.61. The van der Waals surface area contributed by atoms with Crippen LogP contribution < -0.4 is 5.32 Å². The summed E-state index contributed by atoms with van der Waals surface area (Å²) in [5.74, 6) is 0. The van der Waals surface area contributed by atoms with E-state index in [4.69, 9.17) is 4.98 Å². The van der Waals surface area contributed by atoms with Crippen LogP contribution >= 0.6 is 0 Å². The van der Waals surface area contributed by atoms with Crippen molar-refractivity contribution >= 4 is 21.8 Å². The van der Waals surface area contributed by atoms with Crippen molar-refractivity contribution in [3.63, 3.8) is 0 Å². The Bertz CT molecular complexity index is 3120. The molecule has 2 aliphatic heterocycles. The zero-order valence-corrected chi connectivity index (χ0v) is 30.4. The number of rotatable bonds is 4. The van der Waals surface area contributed by atoms with Gasteiger partial charge >= 0.3 is 0 Å². The van der Waals surface area contributed by atoms with Crippen molar-refractivity contribution in [3.8, 4) is 50.5 Å². The summed E-state index contributed by atoms with van der Waals surface area (Å²) < 4.78 is 2.50. The minimum Gasteiger partial charge on any atom is -0.379 e. The lowest BCUT2D eigenvalue weighted by atomic mass is 9.65. The Morgan fingerprint density at radius 3 is 2.11 bits per heavy atom. The summed E-state index contributed by atoms with van der Waals surface area (Å²) in [6, 6.07) is 60.3. The highest BCUT2D eigenvalue weighted by atomic mass is 15.0. The summed E-state index contributed by atoms with van der Waals surface area (Å²) in [4.78, 5) is 9.69. The molecule has 4 heteroatoms. The first-order chi connectivity index (χ1) is 27.8. The fourth-order valence-electron chi connectivity index (χ4n) is 9.75. The maximum Gasteiger partial charge on any atom is 0.0896 e. The summed E-state index contributed by atoms with van der Waals surface area (Å²) in [6.07, 6.45) is 10.0. The van der Waals surface area contributed by atoms with Gasteiger partial charge in [-0.3, -0.25) is 4.98 Å². The lowest BCUT2D eigenvalue weighted by molar-refractivity contribution is 0.722. The third-order valence-electron chi connectivity index (χ3n) is 12.1. The number of pyridine rings is 2. The van der Waals surface area contributed by atoms with Crippen LogP contribution in [0.5, 0.6) is 0 Å². The van der Waals surface area contributed by atoms with Gasteiger partial charge in [-0.2, -0.15) is 0 Å². The van der Waals surface area contributed by atoms with E-state index < -0.39 is 5.41 Å². The van der Waals surface area contributed by atoms with Crippen LogP contribution in [0.1, 0.15) is 34.0 Å². The minimum absolute atomic E-state index is 0.0125. The number of fused-ring (bicyclic) bond motifs is 12. The number of para-hydroxylation sites is 3. The SMILES string of the molecule is C1=CNC(c2cc(-c3ccc(-c4ccc5c(c4)C4(c6ccccc6-5)c5ccccc5-n5c6ccccc6c6cccc4c65)cc3)cc(-c3ccccn3)n2)C=C1. The molecule has 2 unspecified atom stereocenters. The van der Waals surface area contributed by atoms with Gasteiger partial charge in [0.25, 0.3) is 0 Å². The number of nitrogens with zero attached hydrogens (tertiary/aromatic N) is 3. The molecular weight excluding hydrogens is 681 g/mol. The topological polar surface area (TPSA) is 42.7 Å². The van der Waals surface area contributed by atoms with Gasteiger partial charge in [0.05, 0.1) is 45.3 Å². The van der Waals surface area contributed by atoms with Gasteiger partial charge in [0.15, 0.2) is 0 Å². The zero-order chi connectivity index (χ0) is 36.8. The van der Waals surface area contributed by atoms with E-state index in [0.717, 1.165) is 28.2 Å². The first-order valence-corrected chi connectivity index (χ1v) is 19.3. The standard InChI is InChI=1S/C52H34N4/c1-3-15-41-37(12-1)38-27-26-35(33-22-24-34(25-23-33)36-31-47(45-18-7-9-28-53-45)55-48(32-36)46-19-8-10-29-54-46)30-44(38)52(41)42-16-4-6-21-50(42)56-49-20-5-2-13-39(49)40-14-11-17-43(52)51(40)56/h1-32,45,53H. The van der Waals surface area contributed by atoms with Crippen molar-refractivity contribution in [2.45, 2.75) is 11.5 Å². The van der Waals surface area contributed by atoms with E-state index in [2.05, 4.69) is 173 Å². The Balaban J connectivity index is 1.03. The van der Waals surface area contributed by atoms with Crippen LogP contribution in [-0.2, 0) is 5.41 Å². The number of benzene rings is 6. The van der Waals surface area contributed by atoms with Crippen LogP contribution in [0.3, 0.4) is 0 Å². The largest absolute Gasteiger partial charge is 0.379 e. The highest BCUT2D eigenvalue weighted by Gasteiger charge is 2.50. The molecule has 6 aromatic carbocycles. The number of hydrogen-bond donors (Lipinski definition) is 1. The number of allylic oxidation sites excluding steroid dienone is 2. The normalized spacial score (nSPS) is 17.2. The van der Waals surface area contributed by atoms with Crippen molar-refractivity contribution in [1.82, 2.24) is 19.9 Å². The summed E-state index contributed by atoms with van der Waals surface area (Å²) in [5.41, 5.74) is 18.5. The number of nitrogens with one attached hydrogen (secondary N) is 1. The van der Waals surface area contributed by atoms with Gasteiger partial charge in [-0.15, -0.1) is 0 Å². The molecule has 3 aromatic heterocycles. The van der Waals surface area contributed by atoms with Crippen LogP contribution in [0.25, 0.3) is 72.3 Å². The molecule has 1 N–H and O–H groups in total. The van der Waals surface area contributed by atoms with Crippen molar-refractivity contribution in [3.05, 3.63) is 222 Å². The molecule has 262 valence electrons. The summed E-state index contributed by atoms with van der Waals surface area (Å²) >= 11 is 0. The van der Waals surface area contributed by atoms with E-state index >= 15 is 0 Å². The first-order valence-electron chi connectivity index (χ1n) is 19.3. The number of dihydropyridines is 1. The third kappa shape index (κ3) is 4.29. The molecular formula is C52H34N4. The second kappa shape index (κ2) is 11.8. The van der Waals surface area contributed by atoms with E-state index in [0.29, 0.717) is 0 Å². The zero-order valence-electron chi connectivity index (χ0n) is 30.4. The van der Waals surface area contributed by atoms with Crippen molar-refractivity contribution < 1.29 is 0 Å². The minimum atomic E-state index is -0.478. The van der Waals surface area contributed by atoms with Gasteiger partial charge in [-0.1, -0.05) is 133 Å². The van der Waals surface area contributed by atoms with Crippen LogP contribution in [0.4, 0.5) is 0 Å². The average Bonchev–Trinajstić information content (AvgIpc) is 3.77. The molecule has 2 atom stereocenters. The molecule has 5 heterocycles. The molecule has 0 radical (unpaired) electrons. The van der Waals surface area contributed by atoms with E-state index in [1.807, 2.05) is 36.7 Å². The van der Waals surface area contributed by atoms with Crippen LogP contribution in [0.15, 0.2) is 194 Å². The third-order valence-corrected chi connectivity index (χ3v) is 12.1. The molecule has 56 heavy (non-hydrogen) atoms. The van der Waals surface area contributed by atoms with E-state index in [-0.39, 0.29) is 6.04 Å². The predicted molar refractivity (Wildman–Crippen MR) is 228 cm³/mol. The number of hydrogen-bond acceptors (Lipinski definition) is 3. The maximum atomic E-state index is 5.05. The second-order valence-corrected chi connectivity index (χ2v) is 15.0. The summed E-state index contributed by atoms with van der Waals surface area (Å²) in [6.45, 7) is 0. The molecule has 1 spiro atoms. The molecule has 0 amide bonds. The summed E-state index contributed by atoms with van der Waals surface area (Å²) in [5, 5.41) is 6.03. The molecule has 4 nitrogen and oxygen atoms in total. The van der Waals surface area contributed by atoms with Crippen molar-refractivity contribution in [1.29, 1.82) is 0 Å². The number of aromatic nitrogens is 3. The molecule has 0 saturated heterocycles. The smallest absolute Gasteiger partial charge is 0.0896 e. The lowest BCUT2D eigenvalue weighted by Crippen LogP contribution is -2.33. The highest BCUT2D eigenvalue weighted by molar-refractivity contribution is 6.12. The fraction of sp³-hybridized carbons (Fsp3) is 0.0385. The average molecular weight is 715 g/mol. The quantitative estimate of drug-likeness (QED) is 0.197. The van der Waals surface area contributed by atoms with Crippen molar-refractivity contribution in [2.75, 3.05) is 0 Å². The van der Waals surface area contributed by atoms with Crippen LogP contribution in [0.2, 0.25) is 0 Å². The Kier molecular flexibility index (Phi) is 6.58. The van der Waals surface area contributed by atoms with Crippen LogP contribution in [-0.4, -0.2) is 14.5 Å². The molecule has 1 aliphatic carbocycles. The maximum absolute atomic E-state index is 5.05. The molecule has 9 aromatic rings. The first kappa shape index (κ1) is 31.1. The van der Waals surface area contributed by atoms with Gasteiger partial charge in [0.2, 0.25) is 0 Å². The Hall–Kier alpha value is -7.30.